The van der Waals surface area contributed by atoms with Gasteiger partial charge >= 0.3 is 5.69 Å². The molecular formula is C15H15N5O2. The van der Waals surface area contributed by atoms with Crippen molar-refractivity contribution < 1.29 is 0 Å². The Kier molecular flexibility index (Phi) is 3.13. The number of benzene rings is 1. The molecular weight excluding hydrogens is 282 g/mol. The monoisotopic (exact) mass is 297 g/mol. The predicted octanol–water partition coefficient (Wildman–Crippen LogP) is 0.706. The van der Waals surface area contributed by atoms with Crippen molar-refractivity contribution in [2.45, 2.75) is 13.8 Å². The van der Waals surface area contributed by atoms with Crippen LogP contribution in [0.5, 0.6) is 0 Å². The molecule has 0 aliphatic carbocycles. The summed E-state index contributed by atoms with van der Waals surface area (Å²) in [6, 6.07) is 5.87. The number of hydrogen-bond donors (Lipinski definition) is 0. The first-order chi connectivity index (χ1) is 10.4. The van der Waals surface area contributed by atoms with Crippen LogP contribution in [0.3, 0.4) is 0 Å². The van der Waals surface area contributed by atoms with E-state index in [0.29, 0.717) is 5.82 Å². The Morgan fingerprint density at radius 1 is 1.00 bits per heavy atom. The lowest BCUT2D eigenvalue weighted by atomic mass is 10.1. The van der Waals surface area contributed by atoms with Crippen LogP contribution in [-0.4, -0.2) is 24.3 Å². The topological polar surface area (TPSA) is 82.7 Å². The molecule has 7 heteroatoms. The van der Waals surface area contributed by atoms with Gasteiger partial charge < -0.3 is 0 Å². The predicted molar refractivity (Wildman–Crippen MR) is 82.7 cm³/mol. The molecule has 0 fully saturated rings. The Morgan fingerprint density at radius 3 is 2.41 bits per heavy atom. The molecule has 0 radical (unpaired) electrons. The molecule has 0 bridgehead atoms. The minimum absolute atomic E-state index is 0.134. The summed E-state index contributed by atoms with van der Waals surface area (Å²) in [4.78, 5) is 28.5. The second kappa shape index (κ2) is 4.87. The van der Waals surface area contributed by atoms with E-state index in [4.69, 9.17) is 0 Å². The van der Waals surface area contributed by atoms with Crippen molar-refractivity contribution in [3.63, 3.8) is 0 Å². The van der Waals surface area contributed by atoms with Crippen molar-refractivity contribution in [1.29, 1.82) is 0 Å². The van der Waals surface area contributed by atoms with Crippen molar-refractivity contribution >= 4 is 11.2 Å². The molecule has 3 rings (SSSR count). The molecule has 2 heterocycles. The Bertz CT molecular complexity index is 1020. The highest BCUT2D eigenvalue weighted by atomic mass is 16.2. The summed E-state index contributed by atoms with van der Waals surface area (Å²) < 4.78 is 2.28. The average molecular weight is 297 g/mol. The third kappa shape index (κ3) is 2.02. The maximum absolute atomic E-state index is 12.2. The van der Waals surface area contributed by atoms with Gasteiger partial charge in [0, 0.05) is 19.7 Å². The van der Waals surface area contributed by atoms with E-state index in [9.17, 15) is 9.59 Å². The Hall–Kier alpha value is -2.83. The van der Waals surface area contributed by atoms with Crippen molar-refractivity contribution in [2.24, 2.45) is 14.1 Å². The number of aryl methyl sites for hydroxylation is 3. The lowest BCUT2D eigenvalue weighted by Crippen LogP contribution is -2.38. The molecule has 0 unspecified atom stereocenters. The summed E-state index contributed by atoms with van der Waals surface area (Å²) >= 11 is 0. The van der Waals surface area contributed by atoms with Crippen LogP contribution in [0, 0.1) is 13.8 Å². The van der Waals surface area contributed by atoms with Gasteiger partial charge in [0.2, 0.25) is 0 Å². The molecule has 0 atom stereocenters. The minimum atomic E-state index is -0.473. The van der Waals surface area contributed by atoms with E-state index in [1.807, 2.05) is 32.0 Å². The van der Waals surface area contributed by atoms with Gasteiger partial charge in [0.15, 0.2) is 17.0 Å². The highest BCUT2D eigenvalue weighted by Crippen LogP contribution is 2.20. The molecule has 7 nitrogen and oxygen atoms in total. The third-order valence-corrected chi connectivity index (χ3v) is 3.69. The van der Waals surface area contributed by atoms with Gasteiger partial charge in [-0.05, 0) is 19.4 Å². The van der Waals surface area contributed by atoms with Crippen LogP contribution in [0.2, 0.25) is 0 Å². The van der Waals surface area contributed by atoms with Crippen LogP contribution in [0.25, 0.3) is 22.6 Å². The molecule has 0 spiro atoms. The quantitative estimate of drug-likeness (QED) is 0.660. The number of hydrogen-bond acceptors (Lipinski definition) is 5. The number of nitrogens with zero attached hydrogens (tertiary/aromatic N) is 5. The van der Waals surface area contributed by atoms with Gasteiger partial charge in [-0.1, -0.05) is 23.8 Å². The fourth-order valence-electron chi connectivity index (χ4n) is 2.43. The first-order valence-corrected chi connectivity index (χ1v) is 6.78. The molecule has 0 N–H and O–H groups in total. The lowest BCUT2D eigenvalue weighted by Gasteiger charge is -2.08. The zero-order chi connectivity index (χ0) is 16.0. The van der Waals surface area contributed by atoms with Gasteiger partial charge in [-0.2, -0.15) is 0 Å². The molecule has 0 saturated carbocycles. The maximum Gasteiger partial charge on any atom is 0.332 e. The zero-order valence-corrected chi connectivity index (χ0v) is 12.8. The van der Waals surface area contributed by atoms with E-state index in [-0.39, 0.29) is 11.2 Å². The van der Waals surface area contributed by atoms with Gasteiger partial charge in [0.1, 0.15) is 0 Å². The largest absolute Gasteiger partial charge is 0.332 e. The van der Waals surface area contributed by atoms with Crippen molar-refractivity contribution in [1.82, 2.24) is 24.3 Å². The van der Waals surface area contributed by atoms with E-state index in [1.165, 1.54) is 18.7 Å². The Morgan fingerprint density at radius 2 is 1.73 bits per heavy atom. The molecule has 0 amide bonds. The van der Waals surface area contributed by atoms with Gasteiger partial charge in [-0.3, -0.25) is 13.9 Å². The summed E-state index contributed by atoms with van der Waals surface area (Å²) in [5.41, 5.74) is 2.34. The van der Waals surface area contributed by atoms with Crippen molar-refractivity contribution in [3.8, 4) is 11.4 Å². The van der Waals surface area contributed by atoms with Crippen LogP contribution < -0.4 is 11.2 Å². The highest BCUT2D eigenvalue weighted by Gasteiger charge is 2.14. The molecule has 112 valence electrons. The maximum atomic E-state index is 12.2. The van der Waals surface area contributed by atoms with E-state index >= 15 is 0 Å². The van der Waals surface area contributed by atoms with E-state index in [2.05, 4.69) is 15.2 Å². The van der Waals surface area contributed by atoms with Crippen LogP contribution in [0.15, 0.2) is 27.8 Å². The van der Waals surface area contributed by atoms with Gasteiger partial charge in [0.25, 0.3) is 5.56 Å². The third-order valence-electron chi connectivity index (χ3n) is 3.69. The van der Waals surface area contributed by atoms with Crippen LogP contribution in [0.4, 0.5) is 0 Å². The van der Waals surface area contributed by atoms with E-state index in [1.54, 1.807) is 0 Å². The van der Waals surface area contributed by atoms with Gasteiger partial charge in [-0.25, -0.2) is 9.78 Å². The van der Waals surface area contributed by atoms with Crippen LogP contribution >= 0.6 is 0 Å². The normalized spacial score (nSPS) is 11.1. The zero-order valence-electron chi connectivity index (χ0n) is 12.8. The van der Waals surface area contributed by atoms with Crippen molar-refractivity contribution in [3.05, 3.63) is 50.2 Å². The summed E-state index contributed by atoms with van der Waals surface area (Å²) in [6.45, 7) is 3.95. The summed E-state index contributed by atoms with van der Waals surface area (Å²) in [7, 11) is 2.96. The number of fused-ring (bicyclic) bond motifs is 1. The van der Waals surface area contributed by atoms with E-state index < -0.39 is 11.2 Å². The lowest BCUT2D eigenvalue weighted by molar-refractivity contribution is 0.698. The molecule has 1 aromatic carbocycles. The Labute approximate surface area is 125 Å². The summed E-state index contributed by atoms with van der Waals surface area (Å²) in [5.74, 6) is 0.376. The van der Waals surface area contributed by atoms with Crippen LogP contribution in [0.1, 0.15) is 11.1 Å². The minimum Gasteiger partial charge on any atom is -0.278 e. The SMILES string of the molecule is Cc1ccc(-c2nnc3c(n2)c(=O)n(C)c(=O)n3C)c(C)c1. The van der Waals surface area contributed by atoms with Crippen LogP contribution in [-0.2, 0) is 14.1 Å². The highest BCUT2D eigenvalue weighted by molar-refractivity contribution is 5.72. The fourth-order valence-corrected chi connectivity index (χ4v) is 2.43. The number of aromatic nitrogens is 5. The standard InChI is InChI=1S/C15H15N5O2/c1-8-5-6-10(9(2)7-8)12-16-11-13(18-17-12)19(3)15(22)20(4)14(11)21/h5-7H,1-4H3. The summed E-state index contributed by atoms with van der Waals surface area (Å²) in [5, 5.41) is 8.09. The fraction of sp³-hybridized carbons (Fsp3) is 0.267. The smallest absolute Gasteiger partial charge is 0.278 e. The Balaban J connectivity index is 2.35. The van der Waals surface area contributed by atoms with Crippen molar-refractivity contribution in [2.75, 3.05) is 0 Å². The first kappa shape index (κ1) is 14.1. The molecule has 22 heavy (non-hydrogen) atoms. The molecule has 0 aliphatic heterocycles. The molecule has 0 saturated heterocycles. The second-order valence-electron chi connectivity index (χ2n) is 5.33. The average Bonchev–Trinajstić information content (AvgIpc) is 2.50. The van der Waals surface area contributed by atoms with E-state index in [0.717, 1.165) is 21.3 Å². The molecule has 2 aromatic heterocycles. The number of rotatable bonds is 1. The summed E-state index contributed by atoms with van der Waals surface area (Å²) in [6.07, 6.45) is 0. The van der Waals surface area contributed by atoms with Gasteiger partial charge in [-0.15, -0.1) is 10.2 Å². The first-order valence-electron chi connectivity index (χ1n) is 6.78. The van der Waals surface area contributed by atoms with Gasteiger partial charge in [0.05, 0.1) is 0 Å². The molecule has 3 aromatic rings. The second-order valence-corrected chi connectivity index (χ2v) is 5.33. The molecule has 0 aliphatic rings.